The highest BCUT2D eigenvalue weighted by molar-refractivity contribution is 9.10. The van der Waals surface area contributed by atoms with Gasteiger partial charge in [0.05, 0.1) is 18.7 Å². The first-order chi connectivity index (χ1) is 10.0. The minimum Gasteiger partial charge on any atom is -0.496 e. The van der Waals surface area contributed by atoms with Crippen LogP contribution in [0.2, 0.25) is 0 Å². The van der Waals surface area contributed by atoms with E-state index in [-0.39, 0.29) is 11.9 Å². The fourth-order valence-corrected chi connectivity index (χ4v) is 2.28. The smallest absolute Gasteiger partial charge is 0.255 e. The second-order valence-electron chi connectivity index (χ2n) is 4.71. The molecule has 0 aromatic heterocycles. The number of nitrogens with one attached hydrogen (secondary N) is 1. The largest absolute Gasteiger partial charge is 0.496 e. The molecule has 21 heavy (non-hydrogen) atoms. The summed E-state index contributed by atoms with van der Waals surface area (Å²) in [5.41, 5.74) is 7.72. The number of anilines is 1. The molecule has 0 radical (unpaired) electrons. The standard InChI is InChI=1S/C16H17BrN2O2/c1-10(11-3-5-12(17)6-4-11)19-16(20)14-9-13(18)7-8-15(14)21-2/h3-10H,18H2,1-2H3,(H,19,20)/t10-/m1/s1. The highest BCUT2D eigenvalue weighted by atomic mass is 79.9. The minimum atomic E-state index is -0.213. The van der Waals surface area contributed by atoms with Gasteiger partial charge in [0.1, 0.15) is 5.75 Å². The monoisotopic (exact) mass is 348 g/mol. The summed E-state index contributed by atoms with van der Waals surface area (Å²) in [7, 11) is 1.53. The van der Waals surface area contributed by atoms with Crippen LogP contribution in [0, 0.1) is 0 Å². The Labute approximate surface area is 132 Å². The molecule has 4 nitrogen and oxygen atoms in total. The predicted molar refractivity (Wildman–Crippen MR) is 87.4 cm³/mol. The average molecular weight is 349 g/mol. The quantitative estimate of drug-likeness (QED) is 0.830. The number of hydrogen-bond acceptors (Lipinski definition) is 3. The Kier molecular flexibility index (Phi) is 4.85. The van der Waals surface area contributed by atoms with E-state index in [0.29, 0.717) is 17.0 Å². The fraction of sp³-hybridized carbons (Fsp3) is 0.188. The molecule has 0 aliphatic carbocycles. The van der Waals surface area contributed by atoms with Crippen LogP contribution in [0.25, 0.3) is 0 Å². The number of rotatable bonds is 4. The van der Waals surface area contributed by atoms with Crippen LogP contribution in [0.4, 0.5) is 5.69 Å². The summed E-state index contributed by atoms with van der Waals surface area (Å²) < 4.78 is 6.20. The van der Waals surface area contributed by atoms with Gasteiger partial charge in [0.25, 0.3) is 5.91 Å². The molecule has 2 rings (SSSR count). The molecule has 0 bridgehead atoms. The maximum absolute atomic E-state index is 12.4. The van der Waals surface area contributed by atoms with Gasteiger partial charge >= 0.3 is 0 Å². The number of nitrogen functional groups attached to an aromatic ring is 1. The van der Waals surface area contributed by atoms with E-state index in [1.807, 2.05) is 31.2 Å². The molecule has 0 aliphatic heterocycles. The lowest BCUT2D eigenvalue weighted by atomic mass is 10.1. The van der Waals surface area contributed by atoms with Crippen LogP contribution in [0.1, 0.15) is 28.9 Å². The Balaban J connectivity index is 2.17. The zero-order valence-corrected chi connectivity index (χ0v) is 13.5. The predicted octanol–water partition coefficient (Wildman–Crippen LogP) is 3.53. The molecule has 2 aromatic rings. The highest BCUT2D eigenvalue weighted by Crippen LogP contribution is 2.22. The van der Waals surface area contributed by atoms with Gasteiger partial charge in [-0.1, -0.05) is 28.1 Å². The van der Waals surface area contributed by atoms with Crippen molar-refractivity contribution in [2.45, 2.75) is 13.0 Å². The lowest BCUT2D eigenvalue weighted by Crippen LogP contribution is -2.27. The van der Waals surface area contributed by atoms with Gasteiger partial charge in [0, 0.05) is 10.2 Å². The third kappa shape index (κ3) is 3.76. The van der Waals surface area contributed by atoms with Gasteiger partial charge in [-0.05, 0) is 42.8 Å². The van der Waals surface area contributed by atoms with Crippen LogP contribution >= 0.6 is 15.9 Å². The van der Waals surface area contributed by atoms with Gasteiger partial charge in [-0.15, -0.1) is 0 Å². The van der Waals surface area contributed by atoms with E-state index < -0.39 is 0 Å². The molecule has 5 heteroatoms. The van der Waals surface area contributed by atoms with Crippen LogP contribution < -0.4 is 15.8 Å². The number of benzene rings is 2. The van der Waals surface area contributed by atoms with Crippen molar-refractivity contribution in [1.29, 1.82) is 0 Å². The summed E-state index contributed by atoms with van der Waals surface area (Å²) in [5.74, 6) is 0.291. The van der Waals surface area contributed by atoms with Gasteiger partial charge in [-0.2, -0.15) is 0 Å². The third-order valence-electron chi connectivity index (χ3n) is 3.19. The van der Waals surface area contributed by atoms with E-state index in [2.05, 4.69) is 21.2 Å². The zero-order valence-electron chi connectivity index (χ0n) is 11.9. The molecule has 110 valence electrons. The Bertz CT molecular complexity index is 641. The van der Waals surface area contributed by atoms with Crippen LogP contribution in [-0.2, 0) is 0 Å². The van der Waals surface area contributed by atoms with Crippen LogP contribution in [-0.4, -0.2) is 13.0 Å². The molecular formula is C16H17BrN2O2. The maximum Gasteiger partial charge on any atom is 0.255 e. The van der Waals surface area contributed by atoms with Gasteiger partial charge in [0.15, 0.2) is 0 Å². The molecule has 0 unspecified atom stereocenters. The SMILES string of the molecule is COc1ccc(N)cc1C(=O)N[C@H](C)c1ccc(Br)cc1. The van der Waals surface area contributed by atoms with Gasteiger partial charge in [-0.3, -0.25) is 4.79 Å². The third-order valence-corrected chi connectivity index (χ3v) is 3.71. The molecule has 0 aliphatic rings. The number of hydrogen-bond donors (Lipinski definition) is 2. The van der Waals surface area contributed by atoms with Crippen molar-refractivity contribution in [3.05, 3.63) is 58.1 Å². The van der Waals surface area contributed by atoms with E-state index >= 15 is 0 Å². The average Bonchev–Trinajstić information content (AvgIpc) is 2.47. The van der Waals surface area contributed by atoms with Crippen molar-refractivity contribution in [2.24, 2.45) is 0 Å². The van der Waals surface area contributed by atoms with Gasteiger partial charge in [-0.25, -0.2) is 0 Å². The Hall–Kier alpha value is -2.01. The summed E-state index contributed by atoms with van der Waals surface area (Å²) in [6.45, 7) is 1.93. The van der Waals surface area contributed by atoms with Crippen LogP contribution in [0.5, 0.6) is 5.75 Å². The van der Waals surface area contributed by atoms with Crippen LogP contribution in [0.3, 0.4) is 0 Å². The second kappa shape index (κ2) is 6.63. The molecule has 1 amide bonds. The first kappa shape index (κ1) is 15.4. The molecule has 1 atom stereocenters. The molecule has 0 spiro atoms. The number of nitrogens with two attached hydrogens (primary N) is 1. The maximum atomic E-state index is 12.4. The molecule has 0 saturated heterocycles. The number of amides is 1. The fourth-order valence-electron chi connectivity index (χ4n) is 2.01. The van der Waals surface area contributed by atoms with Crippen molar-refractivity contribution < 1.29 is 9.53 Å². The number of carbonyl (C=O) groups excluding carboxylic acids is 1. The van der Waals surface area contributed by atoms with E-state index in [9.17, 15) is 4.79 Å². The Morgan fingerprint density at radius 3 is 2.52 bits per heavy atom. The molecule has 0 heterocycles. The number of ether oxygens (including phenoxy) is 1. The summed E-state index contributed by atoms with van der Waals surface area (Å²) >= 11 is 3.39. The first-order valence-electron chi connectivity index (χ1n) is 6.51. The molecule has 3 N–H and O–H groups in total. The lowest BCUT2D eigenvalue weighted by molar-refractivity contribution is 0.0937. The summed E-state index contributed by atoms with van der Waals surface area (Å²) in [6.07, 6.45) is 0. The number of methoxy groups -OCH3 is 1. The highest BCUT2D eigenvalue weighted by Gasteiger charge is 2.15. The topological polar surface area (TPSA) is 64.3 Å². The summed E-state index contributed by atoms with van der Waals surface area (Å²) in [6, 6.07) is 12.7. The van der Waals surface area contributed by atoms with Crippen molar-refractivity contribution in [3.63, 3.8) is 0 Å². The van der Waals surface area contributed by atoms with E-state index in [1.165, 1.54) is 7.11 Å². The number of halogens is 1. The summed E-state index contributed by atoms with van der Waals surface area (Å²) in [5, 5.41) is 2.94. The first-order valence-corrected chi connectivity index (χ1v) is 7.30. The van der Waals surface area contributed by atoms with Crippen molar-refractivity contribution in [2.75, 3.05) is 12.8 Å². The molecule has 2 aromatic carbocycles. The van der Waals surface area contributed by atoms with Crippen molar-refractivity contribution in [1.82, 2.24) is 5.32 Å². The van der Waals surface area contributed by atoms with Gasteiger partial charge in [0.2, 0.25) is 0 Å². The van der Waals surface area contributed by atoms with Gasteiger partial charge < -0.3 is 15.8 Å². The van der Waals surface area contributed by atoms with E-state index in [4.69, 9.17) is 10.5 Å². The lowest BCUT2D eigenvalue weighted by Gasteiger charge is -2.16. The van der Waals surface area contributed by atoms with E-state index in [0.717, 1.165) is 10.0 Å². The second-order valence-corrected chi connectivity index (χ2v) is 5.62. The Morgan fingerprint density at radius 1 is 1.24 bits per heavy atom. The molecule has 0 saturated carbocycles. The van der Waals surface area contributed by atoms with E-state index in [1.54, 1.807) is 18.2 Å². The van der Waals surface area contributed by atoms with Crippen LogP contribution in [0.15, 0.2) is 46.9 Å². The van der Waals surface area contributed by atoms with Crippen molar-refractivity contribution in [3.8, 4) is 5.75 Å². The number of carbonyl (C=O) groups is 1. The van der Waals surface area contributed by atoms with Crippen molar-refractivity contribution >= 4 is 27.5 Å². The normalized spacial score (nSPS) is 11.8. The minimum absolute atomic E-state index is 0.114. The molecular weight excluding hydrogens is 332 g/mol. The summed E-state index contributed by atoms with van der Waals surface area (Å²) in [4.78, 5) is 12.4. The Morgan fingerprint density at radius 2 is 1.90 bits per heavy atom. The zero-order chi connectivity index (χ0) is 15.4. The molecule has 0 fully saturated rings.